The van der Waals surface area contributed by atoms with Crippen molar-refractivity contribution in [3.05, 3.63) is 55.9 Å². The summed E-state index contributed by atoms with van der Waals surface area (Å²) in [7, 11) is 0. The summed E-state index contributed by atoms with van der Waals surface area (Å²) in [5, 5.41) is 5.95. The first-order chi connectivity index (χ1) is 14.2. The fourth-order valence-corrected chi connectivity index (χ4v) is 4.23. The van der Waals surface area contributed by atoms with E-state index in [9.17, 15) is 14.4 Å². The SMILES string of the molecule is Cc1nc(CC(C)C)sc1C(=O)NNC(=O)c1nn(C(C)C)c(=O)c2ccccc12. The Morgan fingerprint density at radius 1 is 1.07 bits per heavy atom. The first-order valence-corrected chi connectivity index (χ1v) is 10.6. The van der Waals surface area contributed by atoms with E-state index in [0.717, 1.165) is 11.4 Å². The maximum atomic E-state index is 12.8. The fraction of sp³-hybridized carbons (Fsp3) is 0.381. The maximum Gasteiger partial charge on any atom is 0.290 e. The van der Waals surface area contributed by atoms with Crippen LogP contribution in [0.2, 0.25) is 0 Å². The van der Waals surface area contributed by atoms with Gasteiger partial charge < -0.3 is 0 Å². The van der Waals surface area contributed by atoms with Crippen LogP contribution in [0, 0.1) is 12.8 Å². The summed E-state index contributed by atoms with van der Waals surface area (Å²) in [6, 6.07) is 6.57. The highest BCUT2D eigenvalue weighted by molar-refractivity contribution is 7.13. The van der Waals surface area contributed by atoms with E-state index in [-0.39, 0.29) is 17.3 Å². The molecule has 9 heteroatoms. The fourth-order valence-electron chi connectivity index (χ4n) is 3.05. The Balaban J connectivity index is 1.84. The minimum Gasteiger partial charge on any atom is -0.267 e. The minimum absolute atomic E-state index is 0.0701. The topological polar surface area (TPSA) is 106 Å². The molecule has 0 aliphatic carbocycles. The van der Waals surface area contributed by atoms with Crippen LogP contribution in [-0.4, -0.2) is 26.6 Å². The van der Waals surface area contributed by atoms with Gasteiger partial charge in [0.15, 0.2) is 5.69 Å². The highest BCUT2D eigenvalue weighted by Crippen LogP contribution is 2.20. The van der Waals surface area contributed by atoms with Crippen LogP contribution < -0.4 is 16.4 Å². The van der Waals surface area contributed by atoms with Crippen molar-refractivity contribution in [3.63, 3.8) is 0 Å². The number of hydrogen-bond acceptors (Lipinski definition) is 6. The molecule has 2 amide bonds. The number of hydrazine groups is 1. The van der Waals surface area contributed by atoms with Crippen LogP contribution in [0.25, 0.3) is 10.8 Å². The number of benzene rings is 1. The predicted octanol–water partition coefficient (Wildman–Crippen LogP) is 3.02. The van der Waals surface area contributed by atoms with Crippen LogP contribution in [0.1, 0.15) is 64.6 Å². The number of aromatic nitrogens is 3. The van der Waals surface area contributed by atoms with Gasteiger partial charge in [0, 0.05) is 11.8 Å². The third-order valence-electron chi connectivity index (χ3n) is 4.45. The number of rotatable bonds is 5. The predicted molar refractivity (Wildman–Crippen MR) is 117 cm³/mol. The monoisotopic (exact) mass is 427 g/mol. The van der Waals surface area contributed by atoms with Crippen molar-refractivity contribution in [1.29, 1.82) is 0 Å². The lowest BCUT2D eigenvalue weighted by Crippen LogP contribution is -2.42. The van der Waals surface area contributed by atoms with E-state index in [1.165, 1.54) is 16.0 Å². The zero-order valence-electron chi connectivity index (χ0n) is 17.6. The summed E-state index contributed by atoms with van der Waals surface area (Å²) >= 11 is 1.32. The third-order valence-corrected chi connectivity index (χ3v) is 5.63. The number of fused-ring (bicyclic) bond motifs is 1. The molecule has 1 aromatic carbocycles. The van der Waals surface area contributed by atoms with Crippen molar-refractivity contribution >= 4 is 33.9 Å². The second kappa shape index (κ2) is 8.74. The number of carbonyl (C=O) groups is 2. The Labute approximate surface area is 178 Å². The van der Waals surface area contributed by atoms with Gasteiger partial charge >= 0.3 is 0 Å². The van der Waals surface area contributed by atoms with E-state index in [4.69, 9.17) is 0 Å². The molecule has 0 fully saturated rings. The van der Waals surface area contributed by atoms with Crippen LogP contribution in [0.5, 0.6) is 0 Å². The van der Waals surface area contributed by atoms with Gasteiger partial charge in [-0.3, -0.25) is 25.2 Å². The van der Waals surface area contributed by atoms with Gasteiger partial charge in [-0.05, 0) is 32.8 Å². The van der Waals surface area contributed by atoms with Crippen LogP contribution in [0.4, 0.5) is 0 Å². The first kappa shape index (κ1) is 21.6. The summed E-state index contributed by atoms with van der Waals surface area (Å²) < 4.78 is 1.27. The minimum atomic E-state index is -0.599. The molecule has 3 rings (SSSR count). The standard InChI is InChI=1S/C21H25N5O3S/c1-11(2)10-16-22-13(5)18(30-16)20(28)24-23-19(27)17-14-8-6-7-9-15(14)21(29)26(25-17)12(3)4/h6-9,11-12H,10H2,1-5H3,(H,23,27)(H,24,28). The summed E-state index contributed by atoms with van der Waals surface area (Å²) in [4.78, 5) is 42.9. The Morgan fingerprint density at radius 2 is 1.70 bits per heavy atom. The molecular weight excluding hydrogens is 402 g/mol. The molecule has 0 unspecified atom stereocenters. The summed E-state index contributed by atoms with van der Waals surface area (Å²) in [5.74, 6) is -0.601. The molecule has 2 aromatic heterocycles. The van der Waals surface area contributed by atoms with E-state index >= 15 is 0 Å². The van der Waals surface area contributed by atoms with Gasteiger partial charge in [-0.15, -0.1) is 11.3 Å². The molecule has 0 radical (unpaired) electrons. The molecule has 0 aliphatic rings. The third kappa shape index (κ3) is 4.40. The van der Waals surface area contributed by atoms with Crippen molar-refractivity contribution < 1.29 is 9.59 Å². The van der Waals surface area contributed by atoms with Crippen LogP contribution >= 0.6 is 11.3 Å². The Bertz CT molecular complexity index is 1160. The van der Waals surface area contributed by atoms with Gasteiger partial charge in [0.25, 0.3) is 17.4 Å². The molecule has 158 valence electrons. The number of amides is 2. The molecule has 0 bridgehead atoms. The second-order valence-electron chi connectivity index (χ2n) is 7.77. The number of carbonyl (C=O) groups excluding carboxylic acids is 2. The quantitative estimate of drug-likeness (QED) is 0.609. The van der Waals surface area contributed by atoms with Gasteiger partial charge in [0.1, 0.15) is 4.88 Å². The van der Waals surface area contributed by atoms with Crippen LogP contribution in [-0.2, 0) is 6.42 Å². The van der Waals surface area contributed by atoms with E-state index in [2.05, 4.69) is 34.8 Å². The molecule has 30 heavy (non-hydrogen) atoms. The van der Waals surface area contributed by atoms with Crippen LogP contribution in [0.3, 0.4) is 0 Å². The molecule has 8 nitrogen and oxygen atoms in total. The van der Waals surface area contributed by atoms with E-state index < -0.39 is 11.8 Å². The van der Waals surface area contributed by atoms with Crippen LogP contribution in [0.15, 0.2) is 29.1 Å². The van der Waals surface area contributed by atoms with E-state index in [0.29, 0.717) is 27.3 Å². The Morgan fingerprint density at radius 3 is 2.33 bits per heavy atom. The molecular formula is C21H25N5O3S. The van der Waals surface area contributed by atoms with Gasteiger partial charge in [-0.25, -0.2) is 9.67 Å². The molecule has 0 atom stereocenters. The highest BCUT2D eigenvalue weighted by Gasteiger charge is 2.20. The summed E-state index contributed by atoms with van der Waals surface area (Å²) in [6.07, 6.45) is 0.789. The second-order valence-corrected chi connectivity index (χ2v) is 8.85. The van der Waals surface area contributed by atoms with Gasteiger partial charge in [-0.1, -0.05) is 32.0 Å². The number of thiazole rings is 1. The highest BCUT2D eigenvalue weighted by atomic mass is 32.1. The molecule has 3 aromatic rings. The lowest BCUT2D eigenvalue weighted by Gasteiger charge is -2.13. The van der Waals surface area contributed by atoms with Crippen molar-refractivity contribution in [3.8, 4) is 0 Å². The average molecular weight is 428 g/mol. The lowest BCUT2D eigenvalue weighted by molar-refractivity contribution is 0.0845. The zero-order chi connectivity index (χ0) is 22.0. The number of nitrogens with one attached hydrogen (secondary N) is 2. The van der Waals surface area contributed by atoms with Crippen molar-refractivity contribution in [2.45, 2.75) is 47.1 Å². The van der Waals surface area contributed by atoms with Crippen molar-refractivity contribution in [1.82, 2.24) is 25.6 Å². The van der Waals surface area contributed by atoms with E-state index in [1.807, 2.05) is 13.8 Å². The number of aryl methyl sites for hydroxylation is 1. The number of hydrogen-bond donors (Lipinski definition) is 2. The molecule has 0 spiro atoms. The number of nitrogens with zero attached hydrogens (tertiary/aromatic N) is 3. The van der Waals surface area contributed by atoms with Gasteiger partial charge in [0.05, 0.1) is 22.1 Å². The Kier molecular flexibility index (Phi) is 6.31. The largest absolute Gasteiger partial charge is 0.290 e. The molecule has 2 heterocycles. The zero-order valence-corrected chi connectivity index (χ0v) is 18.5. The van der Waals surface area contributed by atoms with Gasteiger partial charge in [-0.2, -0.15) is 5.10 Å². The smallest absolute Gasteiger partial charge is 0.267 e. The van der Waals surface area contributed by atoms with Crippen molar-refractivity contribution in [2.24, 2.45) is 5.92 Å². The van der Waals surface area contributed by atoms with Gasteiger partial charge in [0.2, 0.25) is 0 Å². The lowest BCUT2D eigenvalue weighted by atomic mass is 10.1. The maximum absolute atomic E-state index is 12.8. The normalized spacial score (nSPS) is 11.3. The first-order valence-electron chi connectivity index (χ1n) is 9.77. The molecule has 0 aliphatic heterocycles. The molecule has 0 saturated heterocycles. The summed E-state index contributed by atoms with van der Waals surface area (Å²) in [5.41, 5.74) is 5.28. The summed E-state index contributed by atoms with van der Waals surface area (Å²) in [6.45, 7) is 9.57. The molecule has 0 saturated carbocycles. The molecule has 2 N–H and O–H groups in total. The Hall–Kier alpha value is -3.07. The average Bonchev–Trinajstić information content (AvgIpc) is 3.05. The van der Waals surface area contributed by atoms with Crippen molar-refractivity contribution in [2.75, 3.05) is 0 Å². The van der Waals surface area contributed by atoms with E-state index in [1.54, 1.807) is 31.2 Å².